The molecule has 10 heteroatoms. The van der Waals surface area contributed by atoms with Crippen LogP contribution in [0.15, 0.2) is 58.4 Å². The number of aromatic amines is 1. The Hall–Kier alpha value is -3.94. The molecule has 0 fully saturated rings. The molecule has 30 heavy (non-hydrogen) atoms. The summed E-state index contributed by atoms with van der Waals surface area (Å²) in [5.74, 6) is 0.512. The summed E-state index contributed by atoms with van der Waals surface area (Å²) in [7, 11) is -1.66. The van der Waals surface area contributed by atoms with E-state index in [1.54, 1.807) is 30.3 Å². The Kier molecular flexibility index (Phi) is 6.59. The van der Waals surface area contributed by atoms with Crippen molar-refractivity contribution in [3.8, 4) is 23.1 Å². The zero-order valence-electron chi connectivity index (χ0n) is 16.0. The van der Waals surface area contributed by atoms with E-state index in [-0.39, 0.29) is 22.7 Å². The topological polar surface area (TPSA) is 144 Å². The summed E-state index contributed by atoms with van der Waals surface area (Å²) in [5, 5.41) is 32.2. The number of H-pyrrole nitrogens is 1. The van der Waals surface area contributed by atoms with E-state index in [0.717, 1.165) is 0 Å². The standard InChI is InChI=1S/C20H18BN5O4/c1-2-30-16-9-13(8-15(10-16)21(28)29)12-23-26-20-24-18(14-6-4-3-5-7-14)17(11-22)19(27)25-20/h3-10,12,28-29H,2H2,1H3,(H2,24,25,26,27). The summed E-state index contributed by atoms with van der Waals surface area (Å²) in [6.45, 7) is 2.23. The molecule has 0 spiro atoms. The van der Waals surface area contributed by atoms with Crippen molar-refractivity contribution in [3.05, 3.63) is 70.0 Å². The predicted molar refractivity (Wildman–Crippen MR) is 114 cm³/mol. The van der Waals surface area contributed by atoms with Crippen molar-refractivity contribution in [1.29, 1.82) is 5.26 Å². The first kappa shape index (κ1) is 20.8. The van der Waals surface area contributed by atoms with Crippen LogP contribution in [0.1, 0.15) is 18.1 Å². The molecular weight excluding hydrogens is 385 g/mol. The van der Waals surface area contributed by atoms with Gasteiger partial charge in [0.05, 0.1) is 18.5 Å². The zero-order chi connectivity index (χ0) is 21.5. The van der Waals surface area contributed by atoms with E-state index in [0.29, 0.717) is 23.5 Å². The first-order valence-electron chi connectivity index (χ1n) is 9.04. The summed E-state index contributed by atoms with van der Waals surface area (Å²) >= 11 is 0. The molecule has 2 aromatic carbocycles. The molecular formula is C20H18BN5O4. The van der Waals surface area contributed by atoms with Gasteiger partial charge in [-0.1, -0.05) is 36.4 Å². The minimum absolute atomic E-state index is 0.0532. The molecule has 0 atom stereocenters. The number of hydrogen-bond acceptors (Lipinski definition) is 8. The minimum Gasteiger partial charge on any atom is -0.494 e. The van der Waals surface area contributed by atoms with Gasteiger partial charge >= 0.3 is 7.12 Å². The smallest absolute Gasteiger partial charge is 0.488 e. The van der Waals surface area contributed by atoms with Crippen molar-refractivity contribution in [2.75, 3.05) is 12.0 Å². The summed E-state index contributed by atoms with van der Waals surface area (Å²) in [5.41, 5.74) is 3.59. The Morgan fingerprint density at radius 2 is 2.07 bits per heavy atom. The van der Waals surface area contributed by atoms with E-state index >= 15 is 0 Å². The number of hydrazone groups is 1. The fourth-order valence-electron chi connectivity index (χ4n) is 2.72. The lowest BCUT2D eigenvalue weighted by Gasteiger charge is -2.08. The lowest BCUT2D eigenvalue weighted by atomic mass is 9.79. The molecule has 0 unspecified atom stereocenters. The third-order valence-corrected chi connectivity index (χ3v) is 4.02. The molecule has 0 aliphatic rings. The van der Waals surface area contributed by atoms with Gasteiger partial charge in [-0.15, -0.1) is 0 Å². The maximum Gasteiger partial charge on any atom is 0.488 e. The number of benzene rings is 2. The first-order valence-corrected chi connectivity index (χ1v) is 9.04. The molecule has 0 aliphatic heterocycles. The van der Waals surface area contributed by atoms with Gasteiger partial charge in [0, 0.05) is 5.56 Å². The van der Waals surface area contributed by atoms with Crippen LogP contribution in [-0.4, -0.2) is 40.0 Å². The molecule has 0 aliphatic carbocycles. The Morgan fingerprint density at radius 1 is 1.30 bits per heavy atom. The molecule has 150 valence electrons. The molecule has 4 N–H and O–H groups in total. The van der Waals surface area contributed by atoms with Gasteiger partial charge in [0.1, 0.15) is 17.4 Å². The second kappa shape index (κ2) is 9.51. The van der Waals surface area contributed by atoms with E-state index in [4.69, 9.17) is 4.74 Å². The lowest BCUT2D eigenvalue weighted by molar-refractivity contribution is 0.340. The molecule has 0 saturated heterocycles. The van der Waals surface area contributed by atoms with Crippen molar-refractivity contribution in [2.24, 2.45) is 5.10 Å². The Morgan fingerprint density at radius 3 is 2.73 bits per heavy atom. The molecule has 0 amide bonds. The van der Waals surface area contributed by atoms with Gasteiger partial charge in [-0.25, -0.2) is 10.4 Å². The fraction of sp³-hybridized carbons (Fsp3) is 0.100. The minimum atomic E-state index is -1.66. The summed E-state index contributed by atoms with van der Waals surface area (Å²) in [6.07, 6.45) is 1.41. The number of rotatable bonds is 7. The lowest BCUT2D eigenvalue weighted by Crippen LogP contribution is -2.30. The zero-order valence-corrected chi connectivity index (χ0v) is 16.0. The van der Waals surface area contributed by atoms with E-state index < -0.39 is 12.7 Å². The van der Waals surface area contributed by atoms with Crippen LogP contribution in [0.3, 0.4) is 0 Å². The van der Waals surface area contributed by atoms with Crippen molar-refractivity contribution in [2.45, 2.75) is 6.92 Å². The second-order valence-electron chi connectivity index (χ2n) is 6.13. The fourth-order valence-corrected chi connectivity index (χ4v) is 2.72. The molecule has 9 nitrogen and oxygen atoms in total. The van der Waals surface area contributed by atoms with Crippen LogP contribution >= 0.6 is 0 Å². The van der Waals surface area contributed by atoms with Crippen LogP contribution in [0.4, 0.5) is 5.95 Å². The molecule has 1 heterocycles. The van der Waals surface area contributed by atoms with Crippen LogP contribution < -0.4 is 21.2 Å². The van der Waals surface area contributed by atoms with E-state index in [9.17, 15) is 20.1 Å². The Labute approximate surface area is 172 Å². The number of nitrogens with one attached hydrogen (secondary N) is 2. The number of anilines is 1. The highest BCUT2D eigenvalue weighted by Gasteiger charge is 2.14. The number of aromatic nitrogens is 2. The second-order valence-corrected chi connectivity index (χ2v) is 6.13. The van der Waals surface area contributed by atoms with Crippen LogP contribution in [0, 0.1) is 11.3 Å². The summed E-state index contributed by atoms with van der Waals surface area (Å²) in [4.78, 5) is 19.0. The maximum absolute atomic E-state index is 12.3. The molecule has 0 bridgehead atoms. The number of ether oxygens (including phenoxy) is 1. The molecule has 3 aromatic rings. The summed E-state index contributed by atoms with van der Waals surface area (Å²) in [6, 6.07) is 15.5. The average Bonchev–Trinajstić information content (AvgIpc) is 2.74. The van der Waals surface area contributed by atoms with Crippen LogP contribution in [0.5, 0.6) is 5.75 Å². The first-order chi connectivity index (χ1) is 14.5. The summed E-state index contributed by atoms with van der Waals surface area (Å²) < 4.78 is 5.41. The third kappa shape index (κ3) is 4.91. The Balaban J connectivity index is 1.89. The van der Waals surface area contributed by atoms with Gasteiger partial charge in [-0.2, -0.15) is 10.4 Å². The quantitative estimate of drug-likeness (QED) is 0.260. The Bertz CT molecular complexity index is 1160. The van der Waals surface area contributed by atoms with Crippen LogP contribution in [0.25, 0.3) is 11.3 Å². The monoisotopic (exact) mass is 403 g/mol. The highest BCUT2D eigenvalue weighted by atomic mass is 16.5. The van der Waals surface area contributed by atoms with Crippen molar-refractivity contribution in [3.63, 3.8) is 0 Å². The van der Waals surface area contributed by atoms with Crippen molar-refractivity contribution >= 4 is 24.7 Å². The highest BCUT2D eigenvalue weighted by molar-refractivity contribution is 6.58. The molecule has 0 saturated carbocycles. The van der Waals surface area contributed by atoms with Gasteiger partial charge < -0.3 is 14.8 Å². The molecule has 0 radical (unpaired) electrons. The van der Waals surface area contributed by atoms with E-state index in [1.807, 2.05) is 19.1 Å². The SMILES string of the molecule is CCOc1cc(C=NNc2nc(-c3ccccc3)c(C#N)c(=O)[nH]2)cc(B(O)O)c1. The molecule has 3 rings (SSSR count). The van der Waals surface area contributed by atoms with Crippen molar-refractivity contribution in [1.82, 2.24) is 9.97 Å². The predicted octanol–water partition coefficient (Wildman–Crippen LogP) is 0.833. The maximum atomic E-state index is 12.3. The number of hydrogen-bond donors (Lipinski definition) is 4. The van der Waals surface area contributed by atoms with Gasteiger partial charge in [0.15, 0.2) is 0 Å². The molecule has 1 aromatic heterocycles. The highest BCUT2D eigenvalue weighted by Crippen LogP contribution is 2.19. The van der Waals surface area contributed by atoms with Gasteiger partial charge in [0.25, 0.3) is 5.56 Å². The van der Waals surface area contributed by atoms with Gasteiger partial charge in [0.2, 0.25) is 5.95 Å². The van der Waals surface area contributed by atoms with Gasteiger partial charge in [-0.3, -0.25) is 9.78 Å². The van der Waals surface area contributed by atoms with Crippen LogP contribution in [0.2, 0.25) is 0 Å². The van der Waals surface area contributed by atoms with E-state index in [1.165, 1.54) is 18.3 Å². The van der Waals surface area contributed by atoms with E-state index in [2.05, 4.69) is 20.5 Å². The largest absolute Gasteiger partial charge is 0.494 e. The van der Waals surface area contributed by atoms with Crippen LogP contribution in [-0.2, 0) is 0 Å². The normalized spacial score (nSPS) is 10.6. The average molecular weight is 403 g/mol. The number of nitrogens with zero attached hydrogens (tertiary/aromatic N) is 3. The van der Waals surface area contributed by atoms with Gasteiger partial charge in [-0.05, 0) is 30.1 Å². The van der Waals surface area contributed by atoms with Crippen molar-refractivity contribution < 1.29 is 14.8 Å². The third-order valence-electron chi connectivity index (χ3n) is 4.02. The number of nitriles is 1.